The second kappa shape index (κ2) is 11.2. The predicted molar refractivity (Wildman–Crippen MR) is 129 cm³/mol. The normalized spacial score (nSPS) is 14.5. The van der Waals surface area contributed by atoms with Gasteiger partial charge in [-0.15, -0.1) is 0 Å². The number of hydrogen-bond acceptors (Lipinski definition) is 4. The summed E-state index contributed by atoms with van der Waals surface area (Å²) in [6, 6.07) is 8.06. The Morgan fingerprint density at radius 2 is 1.84 bits per heavy atom. The van der Waals surface area contributed by atoms with Crippen molar-refractivity contribution in [2.75, 3.05) is 6.61 Å². The van der Waals surface area contributed by atoms with Crippen molar-refractivity contribution in [3.63, 3.8) is 0 Å². The number of hydrogen-bond donors (Lipinski definition) is 2. The third-order valence-corrected chi connectivity index (χ3v) is 5.95. The molecule has 0 atom stereocenters. The van der Waals surface area contributed by atoms with E-state index in [0.717, 1.165) is 46.6 Å². The fourth-order valence-electron chi connectivity index (χ4n) is 4.37. The number of carbonyl (C=O) groups is 1. The summed E-state index contributed by atoms with van der Waals surface area (Å²) in [5.74, 6) is -0.0401. The van der Waals surface area contributed by atoms with Crippen LogP contribution in [0.3, 0.4) is 0 Å². The zero-order chi connectivity index (χ0) is 23.1. The van der Waals surface area contributed by atoms with Gasteiger partial charge in [0.15, 0.2) is 5.65 Å². The van der Waals surface area contributed by atoms with Crippen LogP contribution in [0.2, 0.25) is 0 Å². The van der Waals surface area contributed by atoms with Crippen LogP contribution in [-0.4, -0.2) is 38.3 Å². The molecule has 0 spiro atoms. The maximum atomic E-state index is 13.0. The zero-order valence-electron chi connectivity index (χ0n) is 19.8. The van der Waals surface area contributed by atoms with Crippen LogP contribution in [0.5, 0.6) is 0 Å². The van der Waals surface area contributed by atoms with Gasteiger partial charge in [-0.3, -0.25) is 4.79 Å². The molecule has 1 aliphatic rings. The lowest BCUT2D eigenvalue weighted by atomic mass is 9.98. The Hall–Kier alpha value is -2.73. The number of nitrogens with zero attached hydrogens (tertiary/aromatic N) is 3. The van der Waals surface area contributed by atoms with Crippen molar-refractivity contribution in [1.29, 1.82) is 0 Å². The molecule has 1 saturated carbocycles. The lowest BCUT2D eigenvalue weighted by molar-refractivity contribution is 0.0932. The Morgan fingerprint density at radius 3 is 2.53 bits per heavy atom. The molecule has 0 saturated heterocycles. The summed E-state index contributed by atoms with van der Waals surface area (Å²) >= 11 is 0. The average molecular weight is 437 g/mol. The summed E-state index contributed by atoms with van der Waals surface area (Å²) in [6.07, 6.45) is 9.30. The highest BCUT2D eigenvalue weighted by molar-refractivity contribution is 5.96. The van der Waals surface area contributed by atoms with Gasteiger partial charge in [-0.1, -0.05) is 45.6 Å². The number of fused-ring (bicyclic) bond motifs is 1. The van der Waals surface area contributed by atoms with E-state index in [1.165, 1.54) is 25.7 Å². The van der Waals surface area contributed by atoms with Gasteiger partial charge >= 0.3 is 0 Å². The van der Waals surface area contributed by atoms with Crippen LogP contribution >= 0.6 is 0 Å². The highest BCUT2D eigenvalue weighted by Crippen LogP contribution is 2.24. The van der Waals surface area contributed by atoms with E-state index in [2.05, 4.69) is 10.3 Å². The van der Waals surface area contributed by atoms with Crippen molar-refractivity contribution in [1.82, 2.24) is 19.9 Å². The molecule has 0 aliphatic heterocycles. The van der Waals surface area contributed by atoms with E-state index in [0.29, 0.717) is 12.0 Å². The van der Waals surface area contributed by atoms with Crippen molar-refractivity contribution < 1.29 is 9.90 Å². The first kappa shape index (κ1) is 23.9. The van der Waals surface area contributed by atoms with Gasteiger partial charge in [0.1, 0.15) is 0 Å². The number of aryl methyl sites for hydroxylation is 2. The van der Waals surface area contributed by atoms with Crippen molar-refractivity contribution in [3.05, 3.63) is 52.8 Å². The van der Waals surface area contributed by atoms with E-state index in [4.69, 9.17) is 5.10 Å². The highest BCUT2D eigenvalue weighted by Gasteiger charge is 2.19. The van der Waals surface area contributed by atoms with Crippen molar-refractivity contribution in [2.45, 2.75) is 78.7 Å². The summed E-state index contributed by atoms with van der Waals surface area (Å²) in [5, 5.41) is 17.5. The Labute approximate surface area is 191 Å². The maximum Gasteiger partial charge on any atom is 0.251 e. The van der Waals surface area contributed by atoms with E-state index in [1.807, 2.05) is 58.2 Å². The second-order valence-corrected chi connectivity index (χ2v) is 8.37. The lowest BCUT2D eigenvalue weighted by Crippen LogP contribution is -2.35. The standard InChI is InChI=1S/C24H30N4O2.C2H6/c1-16-13-22(27-28-15-17(2)25-23(16)28)19-9-10-21(18(14-19)11-12-29)24(30)26-20-7-5-3-4-6-8-20;1-2/h9-10,13-15,20,29H,3-8,11-12H2,1-2H3,(H,26,30);1-2H3. The van der Waals surface area contributed by atoms with Crippen LogP contribution in [0, 0.1) is 13.8 Å². The number of aliphatic hydroxyl groups is 1. The molecule has 32 heavy (non-hydrogen) atoms. The van der Waals surface area contributed by atoms with Crippen LogP contribution in [0.1, 0.15) is 79.6 Å². The Balaban J connectivity index is 0.00000141. The lowest BCUT2D eigenvalue weighted by Gasteiger charge is -2.18. The van der Waals surface area contributed by atoms with Gasteiger partial charge in [-0.25, -0.2) is 9.50 Å². The molecule has 0 bridgehead atoms. The largest absolute Gasteiger partial charge is 0.396 e. The Bertz CT molecular complexity index is 1050. The molecule has 2 aromatic heterocycles. The summed E-state index contributed by atoms with van der Waals surface area (Å²) in [5.41, 5.74) is 6.08. The molecule has 2 heterocycles. The van der Waals surface area contributed by atoms with Gasteiger partial charge in [0.05, 0.1) is 17.6 Å². The molecule has 3 aromatic rings. The van der Waals surface area contributed by atoms with Gasteiger partial charge in [0.2, 0.25) is 0 Å². The molecular formula is C26H36N4O2. The van der Waals surface area contributed by atoms with E-state index in [-0.39, 0.29) is 18.6 Å². The summed E-state index contributed by atoms with van der Waals surface area (Å²) in [4.78, 5) is 17.5. The minimum atomic E-state index is -0.0401. The van der Waals surface area contributed by atoms with Gasteiger partial charge in [-0.2, -0.15) is 5.10 Å². The van der Waals surface area contributed by atoms with Crippen molar-refractivity contribution >= 4 is 11.6 Å². The second-order valence-electron chi connectivity index (χ2n) is 8.37. The summed E-state index contributed by atoms with van der Waals surface area (Å²) in [6.45, 7) is 7.98. The molecule has 2 N–H and O–H groups in total. The first-order chi connectivity index (χ1) is 15.5. The number of amides is 1. The van der Waals surface area contributed by atoms with Gasteiger partial charge < -0.3 is 10.4 Å². The minimum absolute atomic E-state index is 0.000626. The highest BCUT2D eigenvalue weighted by atomic mass is 16.3. The Morgan fingerprint density at radius 1 is 1.12 bits per heavy atom. The molecule has 6 nitrogen and oxygen atoms in total. The molecule has 0 radical (unpaired) electrons. The fraction of sp³-hybridized carbons (Fsp3) is 0.500. The van der Waals surface area contributed by atoms with Crippen LogP contribution in [-0.2, 0) is 6.42 Å². The van der Waals surface area contributed by atoms with Gasteiger partial charge in [-0.05, 0) is 62.4 Å². The molecule has 6 heteroatoms. The minimum Gasteiger partial charge on any atom is -0.396 e. The van der Waals surface area contributed by atoms with E-state index < -0.39 is 0 Å². The van der Waals surface area contributed by atoms with Crippen molar-refractivity contribution in [3.8, 4) is 11.3 Å². The quantitative estimate of drug-likeness (QED) is 0.550. The zero-order valence-corrected chi connectivity index (χ0v) is 19.8. The third-order valence-electron chi connectivity index (χ3n) is 5.95. The van der Waals surface area contributed by atoms with Crippen molar-refractivity contribution in [2.24, 2.45) is 0 Å². The molecule has 4 rings (SSSR count). The number of aliphatic hydroxyl groups excluding tert-OH is 1. The number of aromatic nitrogens is 3. The van der Waals surface area contributed by atoms with Gasteiger partial charge in [0, 0.05) is 23.8 Å². The molecule has 0 unspecified atom stereocenters. The first-order valence-electron chi connectivity index (χ1n) is 11.9. The van der Waals surface area contributed by atoms with Gasteiger partial charge in [0.25, 0.3) is 5.91 Å². The number of benzene rings is 1. The maximum absolute atomic E-state index is 13.0. The SMILES string of the molecule is CC.Cc1cn2nc(-c3ccc(C(=O)NC4CCCCCC4)c(CCO)c3)cc(C)c2n1. The molecular weight excluding hydrogens is 400 g/mol. The Kier molecular flexibility index (Phi) is 8.39. The topological polar surface area (TPSA) is 79.5 Å². The molecule has 172 valence electrons. The van der Waals surface area contributed by atoms with E-state index in [9.17, 15) is 9.90 Å². The molecule has 1 fully saturated rings. The summed E-state index contributed by atoms with van der Waals surface area (Å²) < 4.78 is 1.80. The molecule has 1 aromatic carbocycles. The smallest absolute Gasteiger partial charge is 0.251 e. The van der Waals surface area contributed by atoms with Crippen LogP contribution < -0.4 is 5.32 Å². The monoisotopic (exact) mass is 436 g/mol. The third kappa shape index (κ3) is 5.54. The average Bonchev–Trinajstić information content (AvgIpc) is 2.99. The van der Waals surface area contributed by atoms with Crippen LogP contribution in [0.4, 0.5) is 0 Å². The van der Waals surface area contributed by atoms with E-state index >= 15 is 0 Å². The number of imidazole rings is 1. The molecule has 1 amide bonds. The first-order valence-corrected chi connectivity index (χ1v) is 11.9. The number of rotatable bonds is 5. The predicted octanol–water partition coefficient (Wildman–Crippen LogP) is 5.03. The summed E-state index contributed by atoms with van der Waals surface area (Å²) in [7, 11) is 0. The van der Waals surface area contributed by atoms with E-state index in [1.54, 1.807) is 4.52 Å². The number of nitrogens with one attached hydrogen (secondary N) is 1. The fourth-order valence-corrected chi connectivity index (χ4v) is 4.37. The van der Waals surface area contributed by atoms with Crippen LogP contribution in [0.25, 0.3) is 16.9 Å². The van der Waals surface area contributed by atoms with Crippen LogP contribution in [0.15, 0.2) is 30.5 Å². The molecule has 1 aliphatic carbocycles. The number of carbonyl (C=O) groups excluding carboxylic acids is 1.